The van der Waals surface area contributed by atoms with Gasteiger partial charge in [0.2, 0.25) is 11.8 Å². The second kappa shape index (κ2) is 17.0. The summed E-state index contributed by atoms with van der Waals surface area (Å²) in [6.07, 6.45) is 6.96. The van der Waals surface area contributed by atoms with Crippen LogP contribution in [0.2, 0.25) is 0 Å². The van der Waals surface area contributed by atoms with E-state index in [4.69, 9.17) is 0 Å². The van der Waals surface area contributed by atoms with Crippen molar-refractivity contribution in [1.29, 1.82) is 0 Å². The van der Waals surface area contributed by atoms with Crippen LogP contribution in [0.3, 0.4) is 0 Å². The minimum atomic E-state index is -0.114. The number of nitrogens with one attached hydrogen (secondary N) is 4. The van der Waals surface area contributed by atoms with Crippen LogP contribution in [0, 0.1) is 0 Å². The summed E-state index contributed by atoms with van der Waals surface area (Å²) in [7, 11) is 0. The lowest BCUT2D eigenvalue weighted by Gasteiger charge is -2.12. The number of amides is 4. The molecule has 8 nitrogen and oxygen atoms in total. The lowest BCUT2D eigenvalue weighted by atomic mass is 10.1. The van der Waals surface area contributed by atoms with Crippen LogP contribution in [0.4, 0.5) is 11.4 Å². The highest BCUT2D eigenvalue weighted by atomic mass is 16.2. The van der Waals surface area contributed by atoms with Crippen LogP contribution in [0.5, 0.6) is 0 Å². The summed E-state index contributed by atoms with van der Waals surface area (Å²) in [6.45, 7) is 7.96. The van der Waals surface area contributed by atoms with Gasteiger partial charge in [-0.15, -0.1) is 0 Å². The van der Waals surface area contributed by atoms with Gasteiger partial charge in [0.25, 0.3) is 11.8 Å². The van der Waals surface area contributed by atoms with Gasteiger partial charge in [-0.05, 0) is 88.1 Å². The van der Waals surface area contributed by atoms with Crippen molar-refractivity contribution in [3.05, 3.63) is 59.7 Å². The molecule has 0 fully saturated rings. The van der Waals surface area contributed by atoms with Crippen LogP contribution in [-0.4, -0.2) is 35.7 Å². The number of hydrogen-bond acceptors (Lipinski definition) is 4. The van der Waals surface area contributed by atoms with E-state index in [2.05, 4.69) is 21.3 Å². The lowest BCUT2D eigenvalue weighted by Crippen LogP contribution is -2.31. The molecule has 39 heavy (non-hydrogen) atoms. The normalized spacial score (nSPS) is 12.2. The summed E-state index contributed by atoms with van der Waals surface area (Å²) in [5.41, 5.74) is 2.49. The van der Waals surface area contributed by atoms with Gasteiger partial charge in [-0.3, -0.25) is 19.2 Å². The first-order chi connectivity index (χ1) is 18.7. The van der Waals surface area contributed by atoms with Gasteiger partial charge in [-0.1, -0.05) is 33.1 Å². The van der Waals surface area contributed by atoms with E-state index < -0.39 is 0 Å². The monoisotopic (exact) mass is 536 g/mol. The largest absolute Gasteiger partial charge is 0.350 e. The molecule has 4 N–H and O–H groups in total. The fourth-order valence-electron chi connectivity index (χ4n) is 3.78. The first kappa shape index (κ1) is 31.5. The molecule has 8 heteroatoms. The average Bonchev–Trinajstić information content (AvgIpc) is 2.93. The van der Waals surface area contributed by atoms with Gasteiger partial charge in [-0.2, -0.15) is 0 Å². The maximum atomic E-state index is 12.2. The Morgan fingerprint density at radius 1 is 0.564 bits per heavy atom. The standard InChI is InChI=1S/C31H44N4O4/c1-5-22(3)32-30(38)24-14-18-26(19-15-24)34-28(36)12-10-8-7-9-11-13-29(37)35-27-20-16-25(17-21-27)31(39)33-23(4)6-2/h14-23H,5-13H2,1-4H3,(H,32,38)(H,33,39)(H,34,36)(H,35,37). The molecular weight excluding hydrogens is 492 g/mol. The fraction of sp³-hybridized carbons (Fsp3) is 0.484. The molecule has 0 aliphatic carbocycles. The maximum Gasteiger partial charge on any atom is 0.251 e. The minimum absolute atomic E-state index is 0.0467. The van der Waals surface area contributed by atoms with Gasteiger partial charge in [0.05, 0.1) is 0 Å². The third-order valence-electron chi connectivity index (χ3n) is 6.65. The predicted octanol–water partition coefficient (Wildman–Crippen LogP) is 6.05. The highest BCUT2D eigenvalue weighted by Gasteiger charge is 2.10. The topological polar surface area (TPSA) is 116 Å². The quantitative estimate of drug-likeness (QED) is 0.195. The molecule has 2 unspecified atom stereocenters. The van der Waals surface area contributed by atoms with Crippen molar-refractivity contribution >= 4 is 35.0 Å². The van der Waals surface area contributed by atoms with Crippen molar-refractivity contribution in [3.8, 4) is 0 Å². The van der Waals surface area contributed by atoms with Gasteiger partial charge in [-0.25, -0.2) is 0 Å². The number of anilines is 2. The summed E-state index contributed by atoms with van der Waals surface area (Å²) < 4.78 is 0. The van der Waals surface area contributed by atoms with Crippen LogP contribution in [0.25, 0.3) is 0 Å². The number of hydrogen-bond donors (Lipinski definition) is 4. The second-order valence-corrected chi connectivity index (χ2v) is 10.1. The second-order valence-electron chi connectivity index (χ2n) is 10.1. The summed E-state index contributed by atoms with van der Waals surface area (Å²) in [6, 6.07) is 14.1. The number of carbonyl (C=O) groups excluding carboxylic acids is 4. The molecule has 0 saturated heterocycles. The molecule has 2 atom stereocenters. The van der Waals surface area contributed by atoms with E-state index >= 15 is 0 Å². The van der Waals surface area contributed by atoms with E-state index in [0.29, 0.717) is 35.3 Å². The Balaban J connectivity index is 1.56. The van der Waals surface area contributed by atoms with Crippen LogP contribution in [0.1, 0.15) is 106 Å². The fourth-order valence-corrected chi connectivity index (χ4v) is 3.78. The SMILES string of the molecule is CCC(C)NC(=O)c1ccc(NC(=O)CCCCCCCC(=O)Nc2ccc(C(=O)NC(C)CC)cc2)cc1. The lowest BCUT2D eigenvalue weighted by molar-refractivity contribution is -0.117. The zero-order valence-corrected chi connectivity index (χ0v) is 23.8. The maximum absolute atomic E-state index is 12.2. The number of unbranched alkanes of at least 4 members (excludes halogenated alkanes) is 4. The zero-order valence-electron chi connectivity index (χ0n) is 23.8. The molecule has 2 rings (SSSR count). The van der Waals surface area contributed by atoms with Gasteiger partial charge >= 0.3 is 0 Å². The summed E-state index contributed by atoms with van der Waals surface area (Å²) in [4.78, 5) is 48.7. The summed E-state index contributed by atoms with van der Waals surface area (Å²) in [5.74, 6) is -0.322. The van der Waals surface area contributed by atoms with Crippen LogP contribution in [0.15, 0.2) is 48.5 Å². The smallest absolute Gasteiger partial charge is 0.251 e. The molecule has 2 aromatic rings. The van der Waals surface area contributed by atoms with Crippen LogP contribution < -0.4 is 21.3 Å². The van der Waals surface area contributed by atoms with Crippen molar-refractivity contribution in [3.63, 3.8) is 0 Å². The predicted molar refractivity (Wildman–Crippen MR) is 157 cm³/mol. The molecule has 0 heterocycles. The highest BCUT2D eigenvalue weighted by molar-refractivity contribution is 5.96. The van der Waals surface area contributed by atoms with Gasteiger partial charge in [0.1, 0.15) is 0 Å². The van der Waals surface area contributed by atoms with Crippen molar-refractivity contribution in [2.24, 2.45) is 0 Å². The Morgan fingerprint density at radius 2 is 0.897 bits per heavy atom. The van der Waals surface area contributed by atoms with Gasteiger partial charge < -0.3 is 21.3 Å². The molecule has 2 aromatic carbocycles. The Hall–Kier alpha value is -3.68. The third-order valence-corrected chi connectivity index (χ3v) is 6.65. The van der Waals surface area contributed by atoms with Gasteiger partial charge in [0.15, 0.2) is 0 Å². The summed E-state index contributed by atoms with van der Waals surface area (Å²) in [5, 5.41) is 11.6. The molecular formula is C31H44N4O4. The van der Waals surface area contributed by atoms with Crippen molar-refractivity contribution in [2.75, 3.05) is 10.6 Å². The first-order valence-electron chi connectivity index (χ1n) is 14.1. The molecule has 0 saturated carbocycles. The van der Waals surface area contributed by atoms with E-state index in [9.17, 15) is 19.2 Å². The zero-order chi connectivity index (χ0) is 28.6. The van der Waals surface area contributed by atoms with Crippen molar-refractivity contribution in [2.45, 2.75) is 97.6 Å². The number of benzene rings is 2. The molecule has 0 bridgehead atoms. The minimum Gasteiger partial charge on any atom is -0.350 e. The van der Waals surface area contributed by atoms with E-state index in [1.54, 1.807) is 48.5 Å². The molecule has 0 aromatic heterocycles. The first-order valence-corrected chi connectivity index (χ1v) is 14.1. The van der Waals surface area contributed by atoms with Crippen molar-refractivity contribution < 1.29 is 19.2 Å². The van der Waals surface area contributed by atoms with E-state index in [-0.39, 0.29) is 35.7 Å². The Bertz CT molecular complexity index is 982. The van der Waals surface area contributed by atoms with Crippen molar-refractivity contribution in [1.82, 2.24) is 10.6 Å². The van der Waals surface area contributed by atoms with Crippen LogP contribution >= 0.6 is 0 Å². The summed E-state index contributed by atoms with van der Waals surface area (Å²) >= 11 is 0. The number of carbonyl (C=O) groups is 4. The Kier molecular flexibility index (Phi) is 13.8. The Labute approximate surface area is 232 Å². The highest BCUT2D eigenvalue weighted by Crippen LogP contribution is 2.14. The molecule has 0 spiro atoms. The Morgan fingerprint density at radius 3 is 1.23 bits per heavy atom. The van der Waals surface area contributed by atoms with E-state index in [1.165, 1.54) is 0 Å². The van der Waals surface area contributed by atoms with Crippen LogP contribution in [-0.2, 0) is 9.59 Å². The van der Waals surface area contributed by atoms with Gasteiger partial charge in [0, 0.05) is 47.4 Å². The molecule has 0 aliphatic heterocycles. The van der Waals surface area contributed by atoms with E-state index in [1.807, 2.05) is 27.7 Å². The average molecular weight is 537 g/mol. The molecule has 0 radical (unpaired) electrons. The third kappa shape index (κ3) is 12.1. The molecule has 212 valence electrons. The van der Waals surface area contributed by atoms with E-state index in [0.717, 1.165) is 44.9 Å². The number of rotatable bonds is 16. The molecule has 4 amide bonds. The molecule has 0 aliphatic rings.